The van der Waals surface area contributed by atoms with Gasteiger partial charge in [0.15, 0.2) is 0 Å². The van der Waals surface area contributed by atoms with Crippen molar-refractivity contribution in [2.45, 2.75) is 18.9 Å². The Kier molecular flexibility index (Phi) is 5.75. The average Bonchev–Trinajstić information content (AvgIpc) is 3.33. The van der Waals surface area contributed by atoms with Crippen LogP contribution in [0.1, 0.15) is 24.1 Å². The molecule has 0 spiro atoms. The molecule has 1 unspecified atom stereocenters. The predicted molar refractivity (Wildman–Crippen MR) is 94.0 cm³/mol. The molecule has 3 rings (SSSR count). The van der Waals surface area contributed by atoms with Crippen LogP contribution in [0.15, 0.2) is 51.9 Å². The summed E-state index contributed by atoms with van der Waals surface area (Å²) in [6.07, 6.45) is 5.62. The van der Waals surface area contributed by atoms with Crippen molar-refractivity contribution in [2.24, 2.45) is 0 Å². The summed E-state index contributed by atoms with van der Waals surface area (Å²) in [6.45, 7) is 0.464. The predicted octanol–water partition coefficient (Wildman–Crippen LogP) is 2.08. The van der Waals surface area contributed by atoms with Crippen molar-refractivity contribution in [3.63, 3.8) is 0 Å². The number of carbonyl (C=O) groups is 1. The number of amides is 1. The van der Waals surface area contributed by atoms with E-state index in [1.54, 1.807) is 30.8 Å². The maximum Gasteiger partial charge on any atom is 0.227 e. The number of hydrogen-bond acceptors (Lipinski definition) is 7. The summed E-state index contributed by atoms with van der Waals surface area (Å²) < 4.78 is 10.6. The Morgan fingerprint density at radius 2 is 2.08 bits per heavy atom. The van der Waals surface area contributed by atoms with Gasteiger partial charge in [0, 0.05) is 37.3 Å². The summed E-state index contributed by atoms with van der Waals surface area (Å²) >= 11 is 0. The molecule has 136 valence electrons. The van der Waals surface area contributed by atoms with Crippen LogP contribution in [0.2, 0.25) is 0 Å². The number of carbonyl (C=O) groups excluding carboxylic acids is 1. The van der Waals surface area contributed by atoms with E-state index < -0.39 is 0 Å². The molecule has 1 amide bonds. The molecule has 26 heavy (non-hydrogen) atoms. The van der Waals surface area contributed by atoms with Gasteiger partial charge in [-0.25, -0.2) is 0 Å². The van der Waals surface area contributed by atoms with Crippen molar-refractivity contribution in [1.29, 1.82) is 0 Å². The SMILES string of the molecule is CN(C)C(CNC(=O)CCc1nc(-c2ccncc2)no1)c1ccco1. The van der Waals surface area contributed by atoms with Crippen molar-refractivity contribution < 1.29 is 13.7 Å². The lowest BCUT2D eigenvalue weighted by Crippen LogP contribution is -2.34. The molecule has 0 saturated carbocycles. The van der Waals surface area contributed by atoms with Gasteiger partial charge in [-0.3, -0.25) is 14.7 Å². The molecule has 0 radical (unpaired) electrons. The Balaban J connectivity index is 1.49. The highest BCUT2D eigenvalue weighted by Crippen LogP contribution is 2.18. The Labute approximate surface area is 151 Å². The normalized spacial score (nSPS) is 12.3. The van der Waals surface area contributed by atoms with Crippen molar-refractivity contribution in [2.75, 3.05) is 20.6 Å². The smallest absolute Gasteiger partial charge is 0.227 e. The van der Waals surface area contributed by atoms with Gasteiger partial charge in [0.1, 0.15) is 5.76 Å². The van der Waals surface area contributed by atoms with E-state index in [0.29, 0.717) is 24.7 Å². The molecule has 3 aromatic rings. The molecule has 3 aromatic heterocycles. The second kappa shape index (κ2) is 8.39. The fourth-order valence-electron chi connectivity index (χ4n) is 2.51. The maximum absolute atomic E-state index is 12.1. The Morgan fingerprint density at radius 1 is 1.27 bits per heavy atom. The van der Waals surface area contributed by atoms with E-state index in [2.05, 4.69) is 20.4 Å². The topological polar surface area (TPSA) is 97.3 Å². The number of furan rings is 1. The van der Waals surface area contributed by atoms with Crippen molar-refractivity contribution >= 4 is 5.91 Å². The van der Waals surface area contributed by atoms with Gasteiger partial charge >= 0.3 is 0 Å². The van der Waals surface area contributed by atoms with Crippen LogP contribution in [0.4, 0.5) is 0 Å². The van der Waals surface area contributed by atoms with Crippen LogP contribution in [0, 0.1) is 0 Å². The molecule has 3 heterocycles. The molecule has 0 fully saturated rings. The van der Waals surface area contributed by atoms with Gasteiger partial charge < -0.3 is 14.3 Å². The summed E-state index contributed by atoms with van der Waals surface area (Å²) in [7, 11) is 3.89. The lowest BCUT2D eigenvalue weighted by molar-refractivity contribution is -0.121. The first-order chi connectivity index (χ1) is 12.6. The van der Waals surface area contributed by atoms with Gasteiger partial charge in [-0.1, -0.05) is 5.16 Å². The number of nitrogens with one attached hydrogen (secondary N) is 1. The Bertz CT molecular complexity index is 814. The quantitative estimate of drug-likeness (QED) is 0.660. The second-order valence-corrected chi connectivity index (χ2v) is 6.05. The van der Waals surface area contributed by atoms with E-state index in [4.69, 9.17) is 8.94 Å². The third-order valence-corrected chi connectivity index (χ3v) is 3.96. The number of aromatic nitrogens is 3. The monoisotopic (exact) mass is 355 g/mol. The van der Waals surface area contributed by atoms with Crippen molar-refractivity contribution in [3.05, 3.63) is 54.6 Å². The third kappa shape index (κ3) is 4.54. The van der Waals surface area contributed by atoms with Crippen LogP contribution in [-0.2, 0) is 11.2 Å². The first-order valence-electron chi connectivity index (χ1n) is 8.33. The number of hydrogen-bond donors (Lipinski definition) is 1. The molecule has 0 aromatic carbocycles. The van der Waals surface area contributed by atoms with Crippen LogP contribution in [-0.4, -0.2) is 46.6 Å². The summed E-state index contributed by atoms with van der Waals surface area (Å²) in [4.78, 5) is 22.4. The fraction of sp³-hybridized carbons (Fsp3) is 0.333. The lowest BCUT2D eigenvalue weighted by Gasteiger charge is -2.22. The molecule has 0 aliphatic carbocycles. The van der Waals surface area contributed by atoms with E-state index in [-0.39, 0.29) is 18.4 Å². The molecule has 0 aliphatic heterocycles. The van der Waals surface area contributed by atoms with Crippen LogP contribution >= 0.6 is 0 Å². The summed E-state index contributed by atoms with van der Waals surface area (Å²) in [5.41, 5.74) is 0.826. The summed E-state index contributed by atoms with van der Waals surface area (Å²) in [5, 5.41) is 6.85. The minimum absolute atomic E-state index is 0.0179. The van der Waals surface area contributed by atoms with E-state index >= 15 is 0 Å². The van der Waals surface area contributed by atoms with E-state index in [1.165, 1.54) is 0 Å². The molecule has 8 nitrogen and oxygen atoms in total. The molecule has 1 N–H and O–H groups in total. The van der Waals surface area contributed by atoms with Gasteiger partial charge in [-0.05, 0) is 38.4 Å². The maximum atomic E-state index is 12.1. The lowest BCUT2D eigenvalue weighted by atomic mass is 10.2. The molecule has 0 bridgehead atoms. The van der Waals surface area contributed by atoms with Gasteiger partial charge in [0.05, 0.1) is 12.3 Å². The standard InChI is InChI=1S/C18H21N5O3/c1-23(2)14(15-4-3-11-25-15)12-20-16(24)5-6-17-21-18(22-26-17)13-7-9-19-10-8-13/h3-4,7-11,14H,5-6,12H2,1-2H3,(H,20,24). The van der Waals surface area contributed by atoms with Gasteiger partial charge in [-0.2, -0.15) is 4.98 Å². The first-order valence-corrected chi connectivity index (χ1v) is 8.33. The zero-order chi connectivity index (χ0) is 18.4. The minimum Gasteiger partial charge on any atom is -0.468 e. The molecule has 1 atom stereocenters. The molecule has 0 aliphatic rings. The highest BCUT2D eigenvalue weighted by atomic mass is 16.5. The molecule has 8 heteroatoms. The number of pyridine rings is 1. The highest BCUT2D eigenvalue weighted by molar-refractivity contribution is 5.76. The van der Waals surface area contributed by atoms with Gasteiger partial charge in [0.2, 0.25) is 17.6 Å². The Morgan fingerprint density at radius 3 is 2.77 bits per heavy atom. The van der Waals surface area contributed by atoms with Gasteiger partial charge in [0.25, 0.3) is 0 Å². The first kappa shape index (κ1) is 17.8. The zero-order valence-electron chi connectivity index (χ0n) is 14.8. The van der Waals surface area contributed by atoms with E-state index in [1.807, 2.05) is 31.1 Å². The average molecular weight is 355 g/mol. The van der Waals surface area contributed by atoms with Crippen molar-refractivity contribution in [1.82, 2.24) is 25.3 Å². The number of aryl methyl sites for hydroxylation is 1. The van der Waals surface area contributed by atoms with Crippen molar-refractivity contribution in [3.8, 4) is 11.4 Å². The summed E-state index contributed by atoms with van der Waals surface area (Å²) in [6, 6.07) is 7.32. The fourth-order valence-corrected chi connectivity index (χ4v) is 2.51. The second-order valence-electron chi connectivity index (χ2n) is 6.05. The van der Waals surface area contributed by atoms with E-state index in [0.717, 1.165) is 11.3 Å². The Hall–Kier alpha value is -3.00. The molecular weight excluding hydrogens is 334 g/mol. The van der Waals surface area contributed by atoms with Gasteiger partial charge in [-0.15, -0.1) is 0 Å². The molecule has 0 saturated heterocycles. The molecular formula is C18H21N5O3. The summed E-state index contributed by atoms with van der Waals surface area (Å²) in [5.74, 6) is 1.66. The zero-order valence-corrected chi connectivity index (χ0v) is 14.8. The van der Waals surface area contributed by atoms with Crippen LogP contribution in [0.3, 0.4) is 0 Å². The number of rotatable bonds is 8. The van der Waals surface area contributed by atoms with Crippen LogP contribution < -0.4 is 5.32 Å². The number of likely N-dealkylation sites (N-methyl/N-ethyl adjacent to an activating group) is 1. The number of nitrogens with zero attached hydrogens (tertiary/aromatic N) is 4. The highest BCUT2D eigenvalue weighted by Gasteiger charge is 2.18. The third-order valence-electron chi connectivity index (χ3n) is 3.96. The minimum atomic E-state index is -0.0768. The van der Waals surface area contributed by atoms with Crippen LogP contribution in [0.25, 0.3) is 11.4 Å². The largest absolute Gasteiger partial charge is 0.468 e. The van der Waals surface area contributed by atoms with E-state index in [9.17, 15) is 4.79 Å². The van der Waals surface area contributed by atoms with Crippen LogP contribution in [0.5, 0.6) is 0 Å².